The van der Waals surface area contributed by atoms with Gasteiger partial charge in [0.2, 0.25) is 0 Å². The molecule has 0 bridgehead atoms. The van der Waals surface area contributed by atoms with Crippen molar-refractivity contribution in [3.8, 4) is 0 Å². The van der Waals surface area contributed by atoms with Gasteiger partial charge in [-0.15, -0.1) is 0 Å². The number of fused-ring (bicyclic) bond motifs is 1. The van der Waals surface area contributed by atoms with E-state index in [1.54, 1.807) is 6.92 Å². The number of benzene rings is 1. The van der Waals surface area contributed by atoms with Crippen molar-refractivity contribution in [2.75, 3.05) is 0 Å². The lowest BCUT2D eigenvalue weighted by atomic mass is 10.1. The Balaban J connectivity index is 2.26. The fourth-order valence-corrected chi connectivity index (χ4v) is 1.45. The van der Waals surface area contributed by atoms with Crippen molar-refractivity contribution in [1.29, 1.82) is 0 Å². The summed E-state index contributed by atoms with van der Waals surface area (Å²) in [4.78, 5) is 10.8. The second kappa shape index (κ2) is 4.17. The normalized spacial score (nSPS) is 10.5. The van der Waals surface area contributed by atoms with E-state index in [1.807, 2.05) is 30.3 Å². The van der Waals surface area contributed by atoms with E-state index in [0.29, 0.717) is 12.8 Å². The average Bonchev–Trinajstić information content (AvgIpc) is 2.26. The van der Waals surface area contributed by atoms with Crippen LogP contribution < -0.4 is 0 Å². The second-order valence-corrected chi connectivity index (χ2v) is 3.60. The van der Waals surface area contributed by atoms with Crippen LogP contribution in [0.3, 0.4) is 0 Å². The summed E-state index contributed by atoms with van der Waals surface area (Å²) < 4.78 is 0. The van der Waals surface area contributed by atoms with Gasteiger partial charge in [-0.3, -0.25) is 0 Å². The number of aryl methyl sites for hydroxylation is 1. The number of hydrogen-bond acceptors (Lipinski definition) is 3. The van der Waals surface area contributed by atoms with Gasteiger partial charge in [-0.2, -0.15) is 10.2 Å². The zero-order valence-corrected chi connectivity index (χ0v) is 8.60. The molecule has 0 saturated heterocycles. The van der Waals surface area contributed by atoms with Crippen molar-refractivity contribution in [2.24, 2.45) is 0 Å². The standard InChI is InChI=1S/C12H12N2O/c1-9(15)6-7-11-8-10-4-2-3-5-12(10)14-13-11/h2-5,8H,6-7H2,1H3. The SMILES string of the molecule is CC(=O)CCc1cc2ccccc2nn1. The highest BCUT2D eigenvalue weighted by Crippen LogP contribution is 2.11. The Hall–Kier alpha value is -1.77. The molecule has 0 aliphatic heterocycles. The number of ketones is 1. The number of hydrogen-bond donors (Lipinski definition) is 0. The molecule has 1 aromatic heterocycles. The maximum atomic E-state index is 10.8. The summed E-state index contributed by atoms with van der Waals surface area (Å²) in [7, 11) is 0. The lowest BCUT2D eigenvalue weighted by molar-refractivity contribution is -0.116. The van der Waals surface area contributed by atoms with Crippen LogP contribution in [0.1, 0.15) is 19.0 Å². The molecule has 0 aliphatic rings. The predicted molar refractivity (Wildman–Crippen MR) is 58.5 cm³/mol. The molecule has 0 radical (unpaired) electrons. The molecule has 2 aromatic rings. The summed E-state index contributed by atoms with van der Waals surface area (Å²) in [5.74, 6) is 0.185. The summed E-state index contributed by atoms with van der Waals surface area (Å²) in [6, 6.07) is 9.83. The van der Waals surface area contributed by atoms with Gasteiger partial charge in [0.1, 0.15) is 5.78 Å². The molecule has 0 unspecified atom stereocenters. The number of Topliss-reactive ketones (excluding diaryl/α,β-unsaturated/α-hetero) is 1. The van der Waals surface area contributed by atoms with Crippen molar-refractivity contribution in [1.82, 2.24) is 10.2 Å². The molecular weight excluding hydrogens is 188 g/mol. The molecule has 0 fully saturated rings. The Bertz CT molecular complexity index is 494. The molecular formula is C12H12N2O. The van der Waals surface area contributed by atoms with Gasteiger partial charge in [0.05, 0.1) is 11.2 Å². The number of rotatable bonds is 3. The van der Waals surface area contributed by atoms with Gasteiger partial charge >= 0.3 is 0 Å². The Morgan fingerprint density at radius 2 is 2.07 bits per heavy atom. The second-order valence-electron chi connectivity index (χ2n) is 3.60. The number of carbonyl (C=O) groups excluding carboxylic acids is 1. The van der Waals surface area contributed by atoms with E-state index in [2.05, 4.69) is 10.2 Å². The van der Waals surface area contributed by atoms with E-state index >= 15 is 0 Å². The smallest absolute Gasteiger partial charge is 0.130 e. The molecule has 1 aromatic carbocycles. The summed E-state index contributed by atoms with van der Waals surface area (Å²) in [6.07, 6.45) is 1.21. The number of aromatic nitrogens is 2. The van der Waals surface area contributed by atoms with E-state index in [1.165, 1.54) is 0 Å². The summed E-state index contributed by atoms with van der Waals surface area (Å²) in [5, 5.41) is 9.25. The van der Waals surface area contributed by atoms with Gasteiger partial charge in [0.15, 0.2) is 0 Å². The molecule has 3 heteroatoms. The van der Waals surface area contributed by atoms with Crippen LogP contribution in [0.5, 0.6) is 0 Å². The minimum Gasteiger partial charge on any atom is -0.300 e. The van der Waals surface area contributed by atoms with E-state index in [0.717, 1.165) is 16.6 Å². The lowest BCUT2D eigenvalue weighted by Gasteiger charge is -1.99. The van der Waals surface area contributed by atoms with Crippen LogP contribution in [0.25, 0.3) is 10.9 Å². The van der Waals surface area contributed by atoms with E-state index in [-0.39, 0.29) is 5.78 Å². The molecule has 2 rings (SSSR count). The molecule has 0 saturated carbocycles. The van der Waals surface area contributed by atoms with Crippen molar-refractivity contribution in [3.63, 3.8) is 0 Å². The fraction of sp³-hybridized carbons (Fsp3) is 0.250. The highest BCUT2D eigenvalue weighted by Gasteiger charge is 2.00. The minimum absolute atomic E-state index is 0.185. The molecule has 3 nitrogen and oxygen atoms in total. The molecule has 76 valence electrons. The summed E-state index contributed by atoms with van der Waals surface area (Å²) in [5.41, 5.74) is 1.77. The first-order valence-corrected chi connectivity index (χ1v) is 4.96. The van der Waals surface area contributed by atoms with E-state index in [9.17, 15) is 4.79 Å². The largest absolute Gasteiger partial charge is 0.300 e. The minimum atomic E-state index is 0.185. The van der Waals surface area contributed by atoms with Gasteiger partial charge in [-0.25, -0.2) is 0 Å². The predicted octanol–water partition coefficient (Wildman–Crippen LogP) is 2.15. The Morgan fingerprint density at radius 3 is 2.87 bits per heavy atom. The monoisotopic (exact) mass is 200 g/mol. The Kier molecular flexibility index (Phi) is 2.72. The molecule has 0 spiro atoms. The van der Waals surface area contributed by atoms with Gasteiger partial charge in [0.25, 0.3) is 0 Å². The quantitative estimate of drug-likeness (QED) is 0.762. The first-order chi connectivity index (χ1) is 7.25. The van der Waals surface area contributed by atoms with Gasteiger partial charge in [0, 0.05) is 11.8 Å². The van der Waals surface area contributed by atoms with Crippen LogP contribution >= 0.6 is 0 Å². The first-order valence-electron chi connectivity index (χ1n) is 4.96. The van der Waals surface area contributed by atoms with Gasteiger partial charge < -0.3 is 4.79 Å². The molecule has 0 amide bonds. The Labute approximate surface area is 88.1 Å². The molecule has 0 atom stereocenters. The van der Waals surface area contributed by atoms with Crippen LogP contribution in [0.2, 0.25) is 0 Å². The van der Waals surface area contributed by atoms with Gasteiger partial charge in [-0.1, -0.05) is 18.2 Å². The van der Waals surface area contributed by atoms with Crippen LogP contribution in [-0.2, 0) is 11.2 Å². The van der Waals surface area contributed by atoms with Crippen molar-refractivity contribution in [2.45, 2.75) is 19.8 Å². The van der Waals surface area contributed by atoms with Crippen molar-refractivity contribution in [3.05, 3.63) is 36.0 Å². The molecule has 0 N–H and O–H groups in total. The fourth-order valence-electron chi connectivity index (χ4n) is 1.45. The van der Waals surface area contributed by atoms with Crippen LogP contribution in [0, 0.1) is 0 Å². The van der Waals surface area contributed by atoms with Gasteiger partial charge in [-0.05, 0) is 25.5 Å². The maximum absolute atomic E-state index is 10.8. The van der Waals surface area contributed by atoms with Crippen molar-refractivity contribution >= 4 is 16.7 Å². The first kappa shape index (κ1) is 9.77. The third-order valence-electron chi connectivity index (χ3n) is 2.28. The summed E-state index contributed by atoms with van der Waals surface area (Å²) in [6.45, 7) is 1.59. The number of nitrogens with zero attached hydrogens (tertiary/aromatic N) is 2. The maximum Gasteiger partial charge on any atom is 0.130 e. The molecule has 15 heavy (non-hydrogen) atoms. The highest BCUT2D eigenvalue weighted by atomic mass is 16.1. The average molecular weight is 200 g/mol. The zero-order valence-electron chi connectivity index (χ0n) is 8.60. The zero-order chi connectivity index (χ0) is 10.7. The highest BCUT2D eigenvalue weighted by molar-refractivity contribution is 5.78. The van der Waals surface area contributed by atoms with E-state index in [4.69, 9.17) is 0 Å². The van der Waals surface area contributed by atoms with Crippen molar-refractivity contribution < 1.29 is 4.79 Å². The van der Waals surface area contributed by atoms with Crippen LogP contribution in [0.15, 0.2) is 30.3 Å². The van der Waals surface area contributed by atoms with E-state index < -0.39 is 0 Å². The molecule has 0 aliphatic carbocycles. The van der Waals surface area contributed by atoms with Crippen LogP contribution in [0.4, 0.5) is 0 Å². The summed E-state index contributed by atoms with van der Waals surface area (Å²) >= 11 is 0. The molecule has 1 heterocycles. The lowest BCUT2D eigenvalue weighted by Crippen LogP contribution is -1.98. The third-order valence-corrected chi connectivity index (χ3v) is 2.28. The Morgan fingerprint density at radius 1 is 1.27 bits per heavy atom. The van der Waals surface area contributed by atoms with Crippen LogP contribution in [-0.4, -0.2) is 16.0 Å². The topological polar surface area (TPSA) is 42.9 Å². The number of carbonyl (C=O) groups is 1. The third kappa shape index (κ3) is 2.37.